The molecule has 1 unspecified atom stereocenters. The Kier molecular flexibility index (Phi) is 8.33. The zero-order valence-electron chi connectivity index (χ0n) is 12.3. The zero-order valence-corrected chi connectivity index (χ0v) is 14.6. The van der Waals surface area contributed by atoms with E-state index in [9.17, 15) is 4.79 Å². The first-order valence-electron chi connectivity index (χ1n) is 7.18. The molecule has 1 amide bonds. The van der Waals surface area contributed by atoms with Crippen LogP contribution in [0.4, 0.5) is 0 Å². The number of nitrogens with two attached hydrogens (primary N) is 1. The van der Waals surface area contributed by atoms with Gasteiger partial charge in [0.05, 0.1) is 11.6 Å². The second-order valence-electron chi connectivity index (χ2n) is 5.25. The molecule has 1 aromatic carbocycles. The summed E-state index contributed by atoms with van der Waals surface area (Å²) in [7, 11) is 0. The Bertz CT molecular complexity index is 500. The second kappa shape index (κ2) is 9.46. The first-order chi connectivity index (χ1) is 10.1. The van der Waals surface area contributed by atoms with Gasteiger partial charge in [0.2, 0.25) is 5.91 Å². The molecule has 0 spiro atoms. The Balaban J connectivity index is 0.00000242. The lowest BCUT2D eigenvalue weighted by atomic mass is 10.1. The van der Waals surface area contributed by atoms with Crippen LogP contribution >= 0.6 is 35.6 Å². The topological polar surface area (TPSA) is 55.6 Å². The smallest absolute Gasteiger partial charge is 0.222 e. The Morgan fingerprint density at radius 1 is 1.41 bits per heavy atom. The van der Waals surface area contributed by atoms with Crippen LogP contribution in [0.3, 0.4) is 0 Å². The molecule has 0 saturated carbocycles. The number of piperidine rings is 1. The standard InChI is InChI=1S/C15H20Cl2N2O2.ClH/c16-12-5-1-6-13(15(12)17)21-9-3-7-14(20)19-8-2-4-11(18)10-19;/h1,5-6,11H,2-4,7-10,18H2;1H. The highest BCUT2D eigenvalue weighted by Crippen LogP contribution is 2.31. The highest BCUT2D eigenvalue weighted by molar-refractivity contribution is 6.42. The van der Waals surface area contributed by atoms with Gasteiger partial charge in [-0.1, -0.05) is 29.3 Å². The van der Waals surface area contributed by atoms with Crippen molar-refractivity contribution in [1.82, 2.24) is 4.90 Å². The van der Waals surface area contributed by atoms with Crippen molar-refractivity contribution in [1.29, 1.82) is 0 Å². The SMILES string of the molecule is Cl.NC1CCCN(C(=O)CCCOc2cccc(Cl)c2Cl)C1. The molecule has 0 aromatic heterocycles. The summed E-state index contributed by atoms with van der Waals surface area (Å²) >= 11 is 11.9. The lowest BCUT2D eigenvalue weighted by Gasteiger charge is -2.30. The summed E-state index contributed by atoms with van der Waals surface area (Å²) < 4.78 is 5.56. The van der Waals surface area contributed by atoms with Crippen LogP contribution in [0.25, 0.3) is 0 Å². The number of rotatable bonds is 5. The first kappa shape index (κ1) is 19.4. The summed E-state index contributed by atoms with van der Waals surface area (Å²) in [5, 5.41) is 0.875. The summed E-state index contributed by atoms with van der Waals surface area (Å²) in [4.78, 5) is 13.9. The molecular formula is C15H21Cl3N2O2. The van der Waals surface area contributed by atoms with E-state index >= 15 is 0 Å². The quantitative estimate of drug-likeness (QED) is 0.810. The number of halogens is 3. The molecule has 2 rings (SSSR count). The van der Waals surface area contributed by atoms with E-state index in [1.54, 1.807) is 18.2 Å². The molecule has 1 aliphatic rings. The third-order valence-electron chi connectivity index (χ3n) is 3.52. The molecule has 0 radical (unpaired) electrons. The van der Waals surface area contributed by atoms with Gasteiger partial charge in [0.25, 0.3) is 0 Å². The minimum atomic E-state index is 0. The van der Waals surface area contributed by atoms with Gasteiger partial charge in [-0.05, 0) is 31.4 Å². The molecule has 1 saturated heterocycles. The predicted octanol–water partition coefficient (Wildman–Crippen LogP) is 3.52. The second-order valence-corrected chi connectivity index (χ2v) is 6.03. The lowest BCUT2D eigenvalue weighted by Crippen LogP contribution is -2.45. The number of nitrogens with zero attached hydrogens (tertiary/aromatic N) is 1. The molecule has 1 heterocycles. The van der Waals surface area contributed by atoms with Gasteiger partial charge in [-0.2, -0.15) is 0 Å². The molecule has 7 heteroatoms. The molecular weight excluding hydrogens is 347 g/mol. The summed E-state index contributed by atoms with van der Waals surface area (Å²) in [6.07, 6.45) is 3.10. The van der Waals surface area contributed by atoms with Crippen molar-refractivity contribution >= 4 is 41.5 Å². The Labute approximate surface area is 147 Å². The Morgan fingerprint density at radius 2 is 2.18 bits per heavy atom. The van der Waals surface area contributed by atoms with E-state index < -0.39 is 0 Å². The minimum absolute atomic E-state index is 0. The lowest BCUT2D eigenvalue weighted by molar-refractivity contribution is -0.132. The minimum Gasteiger partial charge on any atom is -0.492 e. The summed E-state index contributed by atoms with van der Waals surface area (Å²) in [6.45, 7) is 1.92. The van der Waals surface area contributed by atoms with Gasteiger partial charge >= 0.3 is 0 Å². The Morgan fingerprint density at radius 3 is 2.91 bits per heavy atom. The molecule has 1 fully saturated rings. The van der Waals surface area contributed by atoms with Crippen molar-refractivity contribution in [2.24, 2.45) is 5.73 Å². The van der Waals surface area contributed by atoms with Gasteiger partial charge in [0, 0.05) is 25.6 Å². The van der Waals surface area contributed by atoms with Crippen LogP contribution in [-0.2, 0) is 4.79 Å². The van der Waals surface area contributed by atoms with Crippen molar-refractivity contribution in [2.75, 3.05) is 19.7 Å². The molecule has 0 aliphatic carbocycles. The molecule has 124 valence electrons. The number of hydrogen-bond donors (Lipinski definition) is 1. The van der Waals surface area contributed by atoms with E-state index in [2.05, 4.69) is 0 Å². The van der Waals surface area contributed by atoms with Crippen LogP contribution in [0.1, 0.15) is 25.7 Å². The monoisotopic (exact) mass is 366 g/mol. The number of ether oxygens (including phenoxy) is 1. The maximum absolute atomic E-state index is 12.0. The van der Waals surface area contributed by atoms with Gasteiger partial charge in [0.1, 0.15) is 10.8 Å². The van der Waals surface area contributed by atoms with Gasteiger partial charge < -0.3 is 15.4 Å². The van der Waals surface area contributed by atoms with Crippen LogP contribution in [0.5, 0.6) is 5.75 Å². The van der Waals surface area contributed by atoms with E-state index in [1.165, 1.54) is 0 Å². The molecule has 4 nitrogen and oxygen atoms in total. The van der Waals surface area contributed by atoms with Crippen LogP contribution in [-0.4, -0.2) is 36.5 Å². The molecule has 0 bridgehead atoms. The zero-order chi connectivity index (χ0) is 15.2. The third kappa shape index (κ3) is 5.51. The highest BCUT2D eigenvalue weighted by Gasteiger charge is 2.20. The number of carbonyl (C=O) groups is 1. The molecule has 2 N–H and O–H groups in total. The summed E-state index contributed by atoms with van der Waals surface area (Å²) in [6, 6.07) is 5.37. The van der Waals surface area contributed by atoms with E-state index in [4.69, 9.17) is 33.7 Å². The van der Waals surface area contributed by atoms with Gasteiger partial charge in [-0.15, -0.1) is 12.4 Å². The van der Waals surface area contributed by atoms with E-state index in [1.807, 2.05) is 4.90 Å². The van der Waals surface area contributed by atoms with Crippen molar-refractivity contribution in [2.45, 2.75) is 31.7 Å². The molecule has 1 atom stereocenters. The number of benzene rings is 1. The van der Waals surface area contributed by atoms with Crippen molar-refractivity contribution in [3.8, 4) is 5.75 Å². The molecule has 22 heavy (non-hydrogen) atoms. The number of amides is 1. The molecule has 1 aromatic rings. The van der Waals surface area contributed by atoms with E-state index in [-0.39, 0.29) is 24.4 Å². The van der Waals surface area contributed by atoms with Crippen LogP contribution in [0, 0.1) is 0 Å². The van der Waals surface area contributed by atoms with Crippen LogP contribution in [0.2, 0.25) is 10.0 Å². The number of hydrogen-bond acceptors (Lipinski definition) is 3. The maximum Gasteiger partial charge on any atom is 0.222 e. The van der Waals surface area contributed by atoms with Gasteiger partial charge in [-0.25, -0.2) is 0 Å². The van der Waals surface area contributed by atoms with E-state index in [0.717, 1.165) is 19.4 Å². The summed E-state index contributed by atoms with van der Waals surface area (Å²) in [5.74, 6) is 0.697. The Hall–Kier alpha value is -0.680. The fraction of sp³-hybridized carbons (Fsp3) is 0.533. The van der Waals surface area contributed by atoms with Gasteiger partial charge in [0.15, 0.2) is 0 Å². The molecule has 1 aliphatic heterocycles. The van der Waals surface area contributed by atoms with Gasteiger partial charge in [-0.3, -0.25) is 4.79 Å². The fourth-order valence-electron chi connectivity index (χ4n) is 2.40. The largest absolute Gasteiger partial charge is 0.492 e. The highest BCUT2D eigenvalue weighted by atomic mass is 35.5. The maximum atomic E-state index is 12.0. The van der Waals surface area contributed by atoms with Crippen LogP contribution in [0.15, 0.2) is 18.2 Å². The van der Waals surface area contributed by atoms with E-state index in [0.29, 0.717) is 41.8 Å². The van der Waals surface area contributed by atoms with Crippen LogP contribution < -0.4 is 10.5 Å². The summed E-state index contributed by atoms with van der Waals surface area (Å²) in [5.41, 5.74) is 5.88. The fourth-order valence-corrected chi connectivity index (χ4v) is 2.74. The first-order valence-corrected chi connectivity index (χ1v) is 7.93. The average molecular weight is 368 g/mol. The van der Waals surface area contributed by atoms with Crippen molar-refractivity contribution in [3.63, 3.8) is 0 Å². The van der Waals surface area contributed by atoms with Crippen molar-refractivity contribution < 1.29 is 9.53 Å². The van der Waals surface area contributed by atoms with Crippen molar-refractivity contribution in [3.05, 3.63) is 28.2 Å². The number of carbonyl (C=O) groups excluding carboxylic acids is 1. The number of likely N-dealkylation sites (tertiary alicyclic amines) is 1. The average Bonchev–Trinajstić information content (AvgIpc) is 2.47. The predicted molar refractivity (Wildman–Crippen MR) is 92.2 cm³/mol. The third-order valence-corrected chi connectivity index (χ3v) is 4.32. The normalized spacial score (nSPS) is 17.8.